The first kappa shape index (κ1) is 18.3. The van der Waals surface area contributed by atoms with Crippen LogP contribution in [0.5, 0.6) is 11.5 Å². The number of anilines is 1. The molecule has 0 radical (unpaired) electrons. The number of carbonyl (C=O) groups excluding carboxylic acids is 2. The molecule has 6 heteroatoms. The molecule has 0 aliphatic carbocycles. The molecule has 2 amide bonds. The molecule has 6 nitrogen and oxygen atoms in total. The summed E-state index contributed by atoms with van der Waals surface area (Å²) in [6.07, 6.45) is 1.55. The van der Waals surface area contributed by atoms with Gasteiger partial charge in [-0.3, -0.25) is 9.59 Å². The SMILES string of the molecule is CC(=O)N1CCCC1C(=O)N(Cc1ccc2c(c1)OCCO2)c1ccccc1. The van der Waals surface area contributed by atoms with Gasteiger partial charge in [0.2, 0.25) is 11.8 Å². The quantitative estimate of drug-likeness (QED) is 0.818. The molecule has 2 aliphatic heterocycles. The smallest absolute Gasteiger partial charge is 0.250 e. The largest absolute Gasteiger partial charge is 0.486 e. The van der Waals surface area contributed by atoms with Gasteiger partial charge in [-0.05, 0) is 42.7 Å². The van der Waals surface area contributed by atoms with Gasteiger partial charge in [0.05, 0.1) is 6.54 Å². The number of para-hydroxylation sites is 1. The van der Waals surface area contributed by atoms with Gasteiger partial charge in [-0.25, -0.2) is 0 Å². The molecule has 146 valence electrons. The van der Waals surface area contributed by atoms with E-state index in [1.54, 1.807) is 9.80 Å². The summed E-state index contributed by atoms with van der Waals surface area (Å²) in [6.45, 7) is 3.64. The van der Waals surface area contributed by atoms with Crippen molar-refractivity contribution in [2.75, 3.05) is 24.7 Å². The Morgan fingerprint density at radius 1 is 1.07 bits per heavy atom. The molecule has 0 N–H and O–H groups in total. The summed E-state index contributed by atoms with van der Waals surface area (Å²) < 4.78 is 11.3. The van der Waals surface area contributed by atoms with Crippen molar-refractivity contribution in [2.45, 2.75) is 32.4 Å². The van der Waals surface area contributed by atoms with Crippen LogP contribution in [0.3, 0.4) is 0 Å². The molecule has 0 saturated carbocycles. The second kappa shape index (κ2) is 7.92. The number of hydrogen-bond donors (Lipinski definition) is 0. The first-order chi connectivity index (χ1) is 13.6. The van der Waals surface area contributed by atoms with Gasteiger partial charge in [-0.2, -0.15) is 0 Å². The van der Waals surface area contributed by atoms with Gasteiger partial charge < -0.3 is 19.3 Å². The Kier molecular flexibility index (Phi) is 5.19. The Balaban J connectivity index is 1.63. The normalized spacial score (nSPS) is 18.0. The zero-order valence-electron chi connectivity index (χ0n) is 16.0. The predicted octanol–water partition coefficient (Wildman–Crippen LogP) is 3.00. The highest BCUT2D eigenvalue weighted by atomic mass is 16.6. The standard InChI is InChI=1S/C22H24N2O4/c1-16(25)23-11-5-8-19(23)22(26)24(18-6-3-2-4-7-18)15-17-9-10-20-21(14-17)28-13-12-27-20/h2-4,6-7,9-10,14,19H,5,8,11-13,15H2,1H3. The molecule has 0 spiro atoms. The van der Waals surface area contributed by atoms with E-state index in [2.05, 4.69) is 0 Å². The van der Waals surface area contributed by atoms with Crippen LogP contribution in [0, 0.1) is 0 Å². The molecule has 4 rings (SSSR count). The van der Waals surface area contributed by atoms with Gasteiger partial charge in [0.1, 0.15) is 19.3 Å². The monoisotopic (exact) mass is 380 g/mol. The van der Waals surface area contributed by atoms with E-state index in [-0.39, 0.29) is 11.8 Å². The maximum Gasteiger partial charge on any atom is 0.250 e. The van der Waals surface area contributed by atoms with Crippen LogP contribution in [0.1, 0.15) is 25.3 Å². The van der Waals surface area contributed by atoms with E-state index in [1.165, 1.54) is 6.92 Å². The number of nitrogens with zero attached hydrogens (tertiary/aromatic N) is 2. The van der Waals surface area contributed by atoms with Gasteiger partial charge in [0, 0.05) is 19.2 Å². The molecule has 1 fully saturated rings. The van der Waals surface area contributed by atoms with Crippen LogP contribution in [-0.2, 0) is 16.1 Å². The number of fused-ring (bicyclic) bond motifs is 1. The van der Waals surface area contributed by atoms with Crippen molar-refractivity contribution in [2.24, 2.45) is 0 Å². The predicted molar refractivity (Wildman–Crippen MR) is 105 cm³/mol. The van der Waals surface area contributed by atoms with Crippen molar-refractivity contribution in [3.05, 3.63) is 54.1 Å². The van der Waals surface area contributed by atoms with Gasteiger partial charge in [-0.1, -0.05) is 24.3 Å². The third-order valence-corrected chi connectivity index (χ3v) is 5.22. The van der Waals surface area contributed by atoms with Crippen LogP contribution < -0.4 is 14.4 Å². The fourth-order valence-corrected chi connectivity index (χ4v) is 3.85. The number of rotatable bonds is 4. The minimum atomic E-state index is -0.407. The van der Waals surface area contributed by atoms with Gasteiger partial charge in [0.15, 0.2) is 11.5 Å². The average Bonchev–Trinajstić information content (AvgIpc) is 3.22. The Labute approximate surface area is 164 Å². The van der Waals surface area contributed by atoms with E-state index < -0.39 is 6.04 Å². The Morgan fingerprint density at radius 2 is 1.82 bits per heavy atom. The van der Waals surface area contributed by atoms with E-state index in [4.69, 9.17) is 9.47 Å². The summed E-state index contributed by atoms with van der Waals surface area (Å²) in [5.41, 5.74) is 1.77. The minimum absolute atomic E-state index is 0.0474. The Morgan fingerprint density at radius 3 is 2.57 bits per heavy atom. The zero-order chi connectivity index (χ0) is 19.5. The van der Waals surface area contributed by atoms with E-state index in [1.807, 2.05) is 48.5 Å². The van der Waals surface area contributed by atoms with E-state index >= 15 is 0 Å². The molecular formula is C22H24N2O4. The molecule has 2 heterocycles. The van der Waals surface area contributed by atoms with Crippen LogP contribution in [0.25, 0.3) is 0 Å². The van der Waals surface area contributed by atoms with E-state index in [0.717, 1.165) is 23.4 Å². The van der Waals surface area contributed by atoms with E-state index in [0.29, 0.717) is 38.5 Å². The summed E-state index contributed by atoms with van der Waals surface area (Å²) >= 11 is 0. The Hall–Kier alpha value is -3.02. The highest BCUT2D eigenvalue weighted by molar-refractivity contribution is 5.99. The Bertz CT molecular complexity index is 868. The summed E-state index contributed by atoms with van der Waals surface area (Å²) in [4.78, 5) is 28.8. The maximum atomic E-state index is 13.4. The number of likely N-dealkylation sites (tertiary alicyclic amines) is 1. The molecule has 1 saturated heterocycles. The number of hydrogen-bond acceptors (Lipinski definition) is 4. The number of ether oxygens (including phenoxy) is 2. The highest BCUT2D eigenvalue weighted by Gasteiger charge is 2.35. The lowest BCUT2D eigenvalue weighted by molar-refractivity contribution is -0.135. The molecule has 1 unspecified atom stereocenters. The lowest BCUT2D eigenvalue weighted by Crippen LogP contribution is -2.47. The van der Waals surface area contributed by atoms with Crippen molar-refractivity contribution in [3.8, 4) is 11.5 Å². The fraction of sp³-hybridized carbons (Fsp3) is 0.364. The van der Waals surface area contributed by atoms with Gasteiger partial charge in [0.25, 0.3) is 0 Å². The van der Waals surface area contributed by atoms with Gasteiger partial charge >= 0.3 is 0 Å². The maximum absolute atomic E-state index is 13.4. The van der Waals surface area contributed by atoms with Crippen molar-refractivity contribution in [1.29, 1.82) is 0 Å². The van der Waals surface area contributed by atoms with Crippen LogP contribution in [0.15, 0.2) is 48.5 Å². The zero-order valence-corrected chi connectivity index (χ0v) is 16.0. The highest BCUT2D eigenvalue weighted by Crippen LogP contribution is 2.32. The van der Waals surface area contributed by atoms with Gasteiger partial charge in [-0.15, -0.1) is 0 Å². The van der Waals surface area contributed by atoms with Crippen molar-refractivity contribution in [1.82, 2.24) is 4.90 Å². The van der Waals surface area contributed by atoms with Crippen LogP contribution >= 0.6 is 0 Å². The third kappa shape index (κ3) is 3.67. The molecular weight excluding hydrogens is 356 g/mol. The van der Waals surface area contributed by atoms with Crippen molar-refractivity contribution in [3.63, 3.8) is 0 Å². The number of amides is 2. The summed E-state index contributed by atoms with van der Waals surface area (Å²) in [7, 11) is 0. The second-order valence-electron chi connectivity index (χ2n) is 7.11. The van der Waals surface area contributed by atoms with Crippen LogP contribution in [-0.4, -0.2) is 42.5 Å². The van der Waals surface area contributed by atoms with Crippen molar-refractivity contribution < 1.29 is 19.1 Å². The molecule has 2 aromatic rings. The van der Waals surface area contributed by atoms with Crippen molar-refractivity contribution >= 4 is 17.5 Å². The molecule has 28 heavy (non-hydrogen) atoms. The molecule has 0 bridgehead atoms. The lowest BCUT2D eigenvalue weighted by atomic mass is 10.1. The summed E-state index contributed by atoms with van der Waals surface area (Å²) in [6, 6.07) is 14.9. The first-order valence-corrected chi connectivity index (χ1v) is 9.65. The third-order valence-electron chi connectivity index (χ3n) is 5.22. The molecule has 2 aliphatic rings. The minimum Gasteiger partial charge on any atom is -0.486 e. The molecule has 1 atom stereocenters. The summed E-state index contributed by atoms with van der Waals surface area (Å²) in [5, 5.41) is 0. The van der Waals surface area contributed by atoms with Crippen LogP contribution in [0.2, 0.25) is 0 Å². The number of carbonyl (C=O) groups is 2. The number of benzene rings is 2. The summed E-state index contributed by atoms with van der Waals surface area (Å²) in [5.74, 6) is 1.33. The molecule has 2 aromatic carbocycles. The first-order valence-electron chi connectivity index (χ1n) is 9.65. The average molecular weight is 380 g/mol. The van der Waals surface area contributed by atoms with E-state index in [9.17, 15) is 9.59 Å². The lowest BCUT2D eigenvalue weighted by Gasteiger charge is -2.30. The molecule has 0 aromatic heterocycles. The van der Waals surface area contributed by atoms with Crippen LogP contribution in [0.4, 0.5) is 5.69 Å². The fourth-order valence-electron chi connectivity index (χ4n) is 3.85. The second-order valence-corrected chi connectivity index (χ2v) is 7.11. The topological polar surface area (TPSA) is 59.1 Å².